The highest BCUT2D eigenvalue weighted by Gasteiger charge is 2.16. The van der Waals surface area contributed by atoms with Crippen LogP contribution >= 0.6 is 0 Å². The van der Waals surface area contributed by atoms with Crippen molar-refractivity contribution >= 4 is 0 Å². The summed E-state index contributed by atoms with van der Waals surface area (Å²) in [6, 6.07) is 7.17. The number of hydrogen-bond donors (Lipinski definition) is 1. The van der Waals surface area contributed by atoms with Crippen LogP contribution in [0.15, 0.2) is 24.3 Å². The van der Waals surface area contributed by atoms with Crippen molar-refractivity contribution in [3.63, 3.8) is 0 Å². The normalized spacial score (nSPS) is 21.6. The second-order valence-corrected chi connectivity index (χ2v) is 4.87. The average molecular weight is 237 g/mol. The lowest BCUT2D eigenvalue weighted by atomic mass is 10.1. The van der Waals surface area contributed by atoms with Gasteiger partial charge < -0.3 is 10.1 Å². The first-order valence-corrected chi connectivity index (χ1v) is 6.29. The highest BCUT2D eigenvalue weighted by Crippen LogP contribution is 2.11. The van der Waals surface area contributed by atoms with Gasteiger partial charge in [-0.15, -0.1) is 0 Å². The second-order valence-electron chi connectivity index (χ2n) is 4.87. The van der Waals surface area contributed by atoms with Gasteiger partial charge in [0.15, 0.2) is 0 Å². The number of hydrogen-bond acceptors (Lipinski definition) is 2. The van der Waals surface area contributed by atoms with Gasteiger partial charge >= 0.3 is 0 Å². The maximum Gasteiger partial charge on any atom is 0.123 e. The Labute approximate surface area is 102 Å². The Morgan fingerprint density at radius 2 is 2.18 bits per heavy atom. The summed E-state index contributed by atoms with van der Waals surface area (Å²) in [5, 5.41) is 3.51. The van der Waals surface area contributed by atoms with Gasteiger partial charge in [-0.3, -0.25) is 0 Å². The summed E-state index contributed by atoms with van der Waals surface area (Å²) in [6.45, 7) is 4.97. The number of rotatable bonds is 5. The van der Waals surface area contributed by atoms with Crippen LogP contribution in [0.3, 0.4) is 0 Å². The molecule has 0 aliphatic carbocycles. The zero-order valence-corrected chi connectivity index (χ0v) is 10.3. The number of ether oxygens (including phenoxy) is 1. The molecule has 0 saturated carbocycles. The molecule has 0 bridgehead atoms. The molecular weight excluding hydrogens is 217 g/mol. The molecule has 3 heteroatoms. The summed E-state index contributed by atoms with van der Waals surface area (Å²) >= 11 is 0. The van der Waals surface area contributed by atoms with Crippen LogP contribution in [0, 0.1) is 11.7 Å². The molecule has 17 heavy (non-hydrogen) atoms. The fourth-order valence-electron chi connectivity index (χ4n) is 2.16. The summed E-state index contributed by atoms with van der Waals surface area (Å²) in [4.78, 5) is 0. The lowest BCUT2D eigenvalue weighted by molar-refractivity contribution is 0.184. The monoisotopic (exact) mass is 237 g/mol. The molecule has 1 aliphatic rings. The zero-order chi connectivity index (χ0) is 12.1. The number of halogens is 1. The minimum Gasteiger partial charge on any atom is -0.381 e. The third-order valence-corrected chi connectivity index (χ3v) is 3.23. The van der Waals surface area contributed by atoms with Gasteiger partial charge in [-0.1, -0.05) is 12.1 Å². The highest BCUT2D eigenvalue weighted by molar-refractivity contribution is 5.16. The number of nitrogens with one attached hydrogen (secondary N) is 1. The molecule has 2 unspecified atom stereocenters. The van der Waals surface area contributed by atoms with Crippen molar-refractivity contribution in [2.45, 2.75) is 25.8 Å². The first kappa shape index (κ1) is 12.5. The van der Waals surface area contributed by atoms with E-state index in [4.69, 9.17) is 4.74 Å². The Morgan fingerprint density at radius 1 is 1.41 bits per heavy atom. The van der Waals surface area contributed by atoms with Crippen molar-refractivity contribution in [3.8, 4) is 0 Å². The minimum atomic E-state index is -0.169. The van der Waals surface area contributed by atoms with Gasteiger partial charge in [-0.05, 0) is 43.4 Å². The fourth-order valence-corrected chi connectivity index (χ4v) is 2.16. The van der Waals surface area contributed by atoms with Crippen LogP contribution in [0.2, 0.25) is 0 Å². The van der Waals surface area contributed by atoms with E-state index in [0.29, 0.717) is 12.0 Å². The van der Waals surface area contributed by atoms with Crippen molar-refractivity contribution in [3.05, 3.63) is 35.6 Å². The van der Waals surface area contributed by atoms with Crippen molar-refractivity contribution in [2.24, 2.45) is 5.92 Å². The minimum absolute atomic E-state index is 0.169. The largest absolute Gasteiger partial charge is 0.381 e. The van der Waals surface area contributed by atoms with Gasteiger partial charge in [0.25, 0.3) is 0 Å². The summed E-state index contributed by atoms with van der Waals surface area (Å²) in [6.07, 6.45) is 2.10. The maximum absolute atomic E-state index is 12.7. The van der Waals surface area contributed by atoms with Crippen LogP contribution in [-0.4, -0.2) is 25.8 Å². The lowest BCUT2D eigenvalue weighted by Crippen LogP contribution is -2.32. The first-order valence-electron chi connectivity index (χ1n) is 6.29. The molecule has 0 amide bonds. The Hall–Kier alpha value is -0.930. The van der Waals surface area contributed by atoms with Crippen molar-refractivity contribution in [2.75, 3.05) is 19.8 Å². The van der Waals surface area contributed by atoms with Crippen molar-refractivity contribution < 1.29 is 9.13 Å². The van der Waals surface area contributed by atoms with E-state index in [1.165, 1.54) is 17.7 Å². The highest BCUT2D eigenvalue weighted by atomic mass is 19.1. The molecule has 1 fully saturated rings. The number of benzene rings is 1. The van der Waals surface area contributed by atoms with Crippen LogP contribution in [0.4, 0.5) is 4.39 Å². The summed E-state index contributed by atoms with van der Waals surface area (Å²) in [7, 11) is 0. The van der Waals surface area contributed by atoms with E-state index in [1.807, 2.05) is 12.1 Å². The maximum atomic E-state index is 12.7. The van der Waals surface area contributed by atoms with E-state index in [9.17, 15) is 4.39 Å². The van der Waals surface area contributed by atoms with E-state index >= 15 is 0 Å². The van der Waals surface area contributed by atoms with Gasteiger partial charge in [-0.25, -0.2) is 4.39 Å². The Bertz CT molecular complexity index is 333. The fraction of sp³-hybridized carbons (Fsp3) is 0.571. The van der Waals surface area contributed by atoms with Gasteiger partial charge in [0.05, 0.1) is 6.61 Å². The van der Waals surface area contributed by atoms with Crippen molar-refractivity contribution in [1.82, 2.24) is 5.32 Å². The lowest BCUT2D eigenvalue weighted by Gasteiger charge is -2.16. The predicted octanol–water partition coefficient (Wildman–Crippen LogP) is 2.38. The third kappa shape index (κ3) is 4.10. The van der Waals surface area contributed by atoms with Crippen molar-refractivity contribution in [1.29, 1.82) is 0 Å². The molecule has 2 atom stereocenters. The van der Waals surface area contributed by atoms with Crippen LogP contribution in [0.25, 0.3) is 0 Å². The Kier molecular flexibility index (Phi) is 4.51. The molecule has 1 saturated heterocycles. The summed E-state index contributed by atoms with van der Waals surface area (Å²) in [5.41, 5.74) is 1.18. The Balaban J connectivity index is 1.72. The van der Waals surface area contributed by atoms with E-state index < -0.39 is 0 Å². The molecule has 1 aromatic rings. The topological polar surface area (TPSA) is 21.3 Å². The van der Waals surface area contributed by atoms with E-state index in [1.54, 1.807) is 0 Å². The summed E-state index contributed by atoms with van der Waals surface area (Å²) in [5.74, 6) is 0.489. The van der Waals surface area contributed by atoms with Crippen LogP contribution in [0.1, 0.15) is 18.9 Å². The van der Waals surface area contributed by atoms with Crippen LogP contribution in [0.5, 0.6) is 0 Å². The third-order valence-electron chi connectivity index (χ3n) is 3.23. The molecule has 0 spiro atoms. The molecule has 1 N–H and O–H groups in total. The van der Waals surface area contributed by atoms with E-state index in [-0.39, 0.29) is 5.82 Å². The van der Waals surface area contributed by atoms with Gasteiger partial charge in [0.1, 0.15) is 5.82 Å². The standard InChI is InChI=1S/C14H20FNO/c1-11(16-9-13-6-7-17-10-13)8-12-2-4-14(15)5-3-12/h2-5,11,13,16H,6-10H2,1H3. The predicted molar refractivity (Wildman–Crippen MR) is 66.5 cm³/mol. The quantitative estimate of drug-likeness (QED) is 0.849. The Morgan fingerprint density at radius 3 is 2.82 bits per heavy atom. The molecule has 94 valence electrons. The van der Waals surface area contributed by atoms with Gasteiger partial charge in [0, 0.05) is 19.2 Å². The van der Waals surface area contributed by atoms with E-state index in [0.717, 1.165) is 32.6 Å². The zero-order valence-electron chi connectivity index (χ0n) is 10.3. The molecule has 0 aromatic heterocycles. The SMILES string of the molecule is CC(Cc1ccc(F)cc1)NCC1CCOC1. The van der Waals surface area contributed by atoms with E-state index in [2.05, 4.69) is 12.2 Å². The molecule has 0 radical (unpaired) electrons. The second kappa shape index (κ2) is 6.12. The van der Waals surface area contributed by atoms with Gasteiger partial charge in [0.2, 0.25) is 0 Å². The molecule has 1 heterocycles. The van der Waals surface area contributed by atoms with Crippen LogP contribution in [-0.2, 0) is 11.2 Å². The van der Waals surface area contributed by atoms with Gasteiger partial charge in [-0.2, -0.15) is 0 Å². The molecule has 1 aromatic carbocycles. The molecule has 2 rings (SSSR count). The smallest absolute Gasteiger partial charge is 0.123 e. The molecule has 1 aliphatic heterocycles. The average Bonchev–Trinajstić information content (AvgIpc) is 2.83. The first-order chi connectivity index (χ1) is 8.24. The van der Waals surface area contributed by atoms with Crippen LogP contribution < -0.4 is 5.32 Å². The summed E-state index contributed by atoms with van der Waals surface area (Å²) < 4.78 is 18.1. The molecule has 2 nitrogen and oxygen atoms in total. The molecular formula is C14H20FNO.